The third-order valence-corrected chi connectivity index (χ3v) is 0.367. The van der Waals surface area contributed by atoms with E-state index >= 15 is 0 Å². The van der Waals surface area contributed by atoms with Crippen molar-refractivity contribution >= 4 is 0 Å². The Hall–Kier alpha value is -1.06. The van der Waals surface area contributed by atoms with Crippen LogP contribution in [0.5, 0.6) is 0 Å². The van der Waals surface area contributed by atoms with Gasteiger partial charge in [0.05, 0.1) is 5.22 Å². The maximum Gasteiger partial charge on any atom is 0.129 e. The van der Waals surface area contributed by atoms with Crippen LogP contribution in [0.2, 0.25) is 0 Å². The van der Waals surface area contributed by atoms with Gasteiger partial charge in [-0.1, -0.05) is 0 Å². The maximum absolute atomic E-state index is 5.16. The van der Waals surface area contributed by atoms with Gasteiger partial charge in [-0.2, -0.15) is 11.0 Å². The van der Waals surface area contributed by atoms with Gasteiger partial charge < -0.3 is 5.73 Å². The molecule has 0 bridgehead atoms. The summed E-state index contributed by atoms with van der Waals surface area (Å²) in [6.07, 6.45) is 1.50. The van der Waals surface area contributed by atoms with Gasteiger partial charge in [0.2, 0.25) is 0 Å². The van der Waals surface area contributed by atoms with Gasteiger partial charge in [-0.3, -0.25) is 0 Å². The summed E-state index contributed by atoms with van der Waals surface area (Å²) in [5, 5.41) is 5.43. The number of nitrogens with two attached hydrogens (primary N) is 2. The zero-order valence-corrected chi connectivity index (χ0v) is 4.18. The standard InChI is InChI=1S/C3H8N4/c1-3(4)2-6-7-5/h2H,4H2,1H3,(H2,5,6)/p+1. The fourth-order valence-corrected chi connectivity index (χ4v) is 0.139. The van der Waals surface area contributed by atoms with E-state index in [1.165, 1.54) is 6.20 Å². The Balaban J connectivity index is 3.46. The Morgan fingerprint density at radius 2 is 2.43 bits per heavy atom. The first-order valence-electron chi connectivity index (χ1n) is 1.85. The van der Waals surface area contributed by atoms with Crippen molar-refractivity contribution in [2.24, 2.45) is 16.8 Å². The normalized spacial score (nSPS) is 13.0. The van der Waals surface area contributed by atoms with Gasteiger partial charge in [0.25, 0.3) is 0 Å². The fourth-order valence-electron chi connectivity index (χ4n) is 0.139. The number of allylic oxidation sites excluding steroid dienone is 1. The predicted octanol–water partition coefficient (Wildman–Crippen LogP) is -1.79. The van der Waals surface area contributed by atoms with E-state index in [0.717, 1.165) is 0 Å². The molecule has 7 heavy (non-hydrogen) atoms. The molecule has 0 saturated carbocycles. The van der Waals surface area contributed by atoms with Crippen LogP contribution in [0.25, 0.3) is 0 Å². The number of nitrogens with one attached hydrogen (secondary N) is 1. The van der Waals surface area contributed by atoms with Crippen LogP contribution < -0.4 is 16.7 Å². The third-order valence-electron chi connectivity index (χ3n) is 0.367. The Morgan fingerprint density at radius 3 is 2.57 bits per heavy atom. The highest BCUT2D eigenvalue weighted by Crippen LogP contribution is 1.64. The maximum atomic E-state index is 5.16. The molecular weight excluding hydrogens is 92.1 g/mol. The molecule has 40 valence electrons. The zero-order chi connectivity index (χ0) is 5.70. The van der Waals surface area contributed by atoms with E-state index in [1.807, 2.05) is 0 Å². The summed E-state index contributed by atoms with van der Waals surface area (Å²) in [6, 6.07) is 0. The number of rotatable bonds is 1. The molecule has 0 spiro atoms. The van der Waals surface area contributed by atoms with Gasteiger partial charge in [0.1, 0.15) is 6.20 Å². The second kappa shape index (κ2) is 3.14. The Morgan fingerprint density at radius 1 is 1.86 bits per heavy atom. The predicted molar refractivity (Wildman–Crippen MR) is 25.5 cm³/mol. The van der Waals surface area contributed by atoms with Crippen LogP contribution in [0.1, 0.15) is 6.92 Å². The van der Waals surface area contributed by atoms with Crippen molar-refractivity contribution in [3.8, 4) is 0 Å². The first kappa shape index (κ1) is 5.94. The third kappa shape index (κ3) is 4.94. The van der Waals surface area contributed by atoms with E-state index in [-0.39, 0.29) is 0 Å². The van der Waals surface area contributed by atoms with Gasteiger partial charge in [-0.15, -0.1) is 0 Å². The summed E-state index contributed by atoms with van der Waals surface area (Å²) in [5.74, 6) is 4.69. The molecule has 0 saturated heterocycles. The van der Waals surface area contributed by atoms with Crippen LogP contribution in [0.15, 0.2) is 17.1 Å². The second-order valence-corrected chi connectivity index (χ2v) is 1.15. The first-order chi connectivity index (χ1) is 3.27. The van der Waals surface area contributed by atoms with Crippen LogP contribution >= 0.6 is 0 Å². The van der Waals surface area contributed by atoms with E-state index in [1.54, 1.807) is 6.92 Å². The van der Waals surface area contributed by atoms with Crippen LogP contribution in [0, 0.1) is 0 Å². The summed E-state index contributed by atoms with van der Waals surface area (Å²) in [6.45, 7) is 1.73. The minimum Gasteiger partial charge on any atom is -0.399 e. The fraction of sp³-hybridized carbons (Fsp3) is 0.333. The quantitative estimate of drug-likeness (QED) is 0.207. The number of hydrogen-bond acceptors (Lipinski definition) is 2. The molecule has 0 heterocycles. The summed E-state index contributed by atoms with van der Waals surface area (Å²) >= 11 is 0. The Kier molecular flexibility index (Phi) is 2.67. The lowest BCUT2D eigenvalue weighted by molar-refractivity contribution is -0.460. The lowest BCUT2D eigenvalue weighted by Crippen LogP contribution is -2.59. The first-order valence-corrected chi connectivity index (χ1v) is 1.85. The topological polar surface area (TPSA) is 78.4 Å². The molecule has 4 heteroatoms. The highest BCUT2D eigenvalue weighted by atomic mass is 15.3. The van der Waals surface area contributed by atoms with Crippen molar-refractivity contribution in [1.29, 1.82) is 0 Å². The molecule has 0 aliphatic carbocycles. The van der Waals surface area contributed by atoms with Crippen LogP contribution in [0.3, 0.4) is 0 Å². The van der Waals surface area contributed by atoms with E-state index in [0.29, 0.717) is 5.70 Å². The minimum absolute atomic E-state index is 0.647. The molecule has 0 aromatic heterocycles. The van der Waals surface area contributed by atoms with E-state index in [9.17, 15) is 0 Å². The molecule has 0 aromatic carbocycles. The highest BCUT2D eigenvalue weighted by molar-refractivity contribution is 4.81. The molecule has 0 atom stereocenters. The zero-order valence-electron chi connectivity index (χ0n) is 4.18. The number of hydrogen-bond donors (Lipinski definition) is 3. The molecular formula is C3H9N4+. The van der Waals surface area contributed by atoms with Gasteiger partial charge in [0.15, 0.2) is 0 Å². The molecule has 0 radical (unpaired) electrons. The Labute approximate surface area is 41.9 Å². The number of nitrogens with zero attached hydrogens (tertiary/aromatic N) is 1. The lowest BCUT2D eigenvalue weighted by Gasteiger charge is -1.75. The van der Waals surface area contributed by atoms with E-state index in [4.69, 9.17) is 11.6 Å². The van der Waals surface area contributed by atoms with Gasteiger partial charge in [0, 0.05) is 5.70 Å². The summed E-state index contributed by atoms with van der Waals surface area (Å²) in [4.78, 5) is 0. The van der Waals surface area contributed by atoms with E-state index in [2.05, 4.69) is 10.3 Å². The molecule has 0 unspecified atom stereocenters. The van der Waals surface area contributed by atoms with Crippen LogP contribution in [-0.2, 0) is 0 Å². The molecule has 0 fully saturated rings. The van der Waals surface area contributed by atoms with Crippen molar-refractivity contribution in [1.82, 2.24) is 0 Å². The molecule has 0 aromatic rings. The smallest absolute Gasteiger partial charge is 0.129 e. The average Bonchev–Trinajstić information content (AvgIpc) is 1.61. The average molecular weight is 101 g/mol. The second-order valence-electron chi connectivity index (χ2n) is 1.15. The molecule has 0 amide bonds. The van der Waals surface area contributed by atoms with Crippen LogP contribution in [0.4, 0.5) is 0 Å². The largest absolute Gasteiger partial charge is 0.399 e. The Bertz CT molecular complexity index is 89.1. The molecule has 4 nitrogen and oxygen atoms in total. The molecule has 0 aliphatic heterocycles. The molecule has 0 rings (SSSR count). The van der Waals surface area contributed by atoms with E-state index < -0.39 is 0 Å². The summed E-state index contributed by atoms with van der Waals surface area (Å²) < 4.78 is 0. The summed E-state index contributed by atoms with van der Waals surface area (Å²) in [5.41, 5.74) is 5.81. The van der Waals surface area contributed by atoms with Crippen molar-refractivity contribution in [2.75, 3.05) is 0 Å². The van der Waals surface area contributed by atoms with Gasteiger partial charge in [-0.05, 0) is 6.92 Å². The van der Waals surface area contributed by atoms with Crippen molar-refractivity contribution < 1.29 is 5.11 Å². The SMILES string of the molecule is CC(N)=C[NH+]=NN. The monoisotopic (exact) mass is 101 g/mol. The van der Waals surface area contributed by atoms with Gasteiger partial charge >= 0.3 is 0 Å². The molecule has 0 aliphatic rings. The highest BCUT2D eigenvalue weighted by Gasteiger charge is 1.70. The van der Waals surface area contributed by atoms with Crippen LogP contribution in [-0.4, -0.2) is 0 Å². The minimum atomic E-state index is 0.647. The van der Waals surface area contributed by atoms with Crippen molar-refractivity contribution in [3.05, 3.63) is 11.9 Å². The summed E-state index contributed by atoms with van der Waals surface area (Å²) in [7, 11) is 0. The van der Waals surface area contributed by atoms with Crippen molar-refractivity contribution in [3.63, 3.8) is 0 Å². The lowest BCUT2D eigenvalue weighted by atomic mass is 10.6. The molecule has 5 N–H and O–H groups in total. The van der Waals surface area contributed by atoms with Gasteiger partial charge in [-0.25, -0.2) is 0 Å². The van der Waals surface area contributed by atoms with Crippen molar-refractivity contribution in [2.45, 2.75) is 6.92 Å².